The minimum absolute atomic E-state index is 0.137. The van der Waals surface area contributed by atoms with Gasteiger partial charge in [-0.05, 0) is 50.8 Å². The number of likely N-dealkylation sites (N-methyl/N-ethyl adjacent to an activating group) is 1. The van der Waals surface area contributed by atoms with Gasteiger partial charge < -0.3 is 24.8 Å². The van der Waals surface area contributed by atoms with Crippen LogP contribution in [0.2, 0.25) is 0 Å². The van der Waals surface area contributed by atoms with Crippen molar-refractivity contribution in [3.63, 3.8) is 0 Å². The molecule has 1 aliphatic heterocycles. The number of anilines is 2. The number of carbonyl (C=O) groups excluding carboxylic acids is 1. The second-order valence-corrected chi connectivity index (χ2v) is 9.31. The Hall–Kier alpha value is -2.89. The van der Waals surface area contributed by atoms with E-state index in [0.29, 0.717) is 28.1 Å². The van der Waals surface area contributed by atoms with E-state index in [0.717, 1.165) is 19.5 Å². The van der Waals surface area contributed by atoms with Crippen molar-refractivity contribution in [2.75, 3.05) is 51.5 Å². The maximum Gasteiger partial charge on any atom is 0.487 e. The van der Waals surface area contributed by atoms with Gasteiger partial charge in [0, 0.05) is 56.7 Å². The number of thiocarbonyl (C=S) groups is 1. The van der Waals surface area contributed by atoms with Gasteiger partial charge in [0.05, 0.1) is 17.5 Å². The zero-order chi connectivity index (χ0) is 25.8. The first kappa shape index (κ1) is 26.7. The number of hydrogen-bond donors (Lipinski definition) is 1. The molecule has 1 atom stereocenters. The highest BCUT2D eigenvalue weighted by Gasteiger charge is 2.28. The molecule has 0 bridgehead atoms. The summed E-state index contributed by atoms with van der Waals surface area (Å²) in [5.74, 6) is 0.103. The number of aromatic nitrogens is 1. The van der Waals surface area contributed by atoms with Crippen LogP contribution in [0.4, 0.5) is 20.3 Å². The Morgan fingerprint density at radius 2 is 2.00 bits per heavy atom. The van der Waals surface area contributed by atoms with Gasteiger partial charge in [0.25, 0.3) is 5.91 Å². The Balaban J connectivity index is 1.83. The smallest absolute Gasteiger partial charge is 0.420 e. The van der Waals surface area contributed by atoms with Crippen LogP contribution in [0.15, 0.2) is 41.5 Å². The van der Waals surface area contributed by atoms with Crippen LogP contribution in [0.25, 0.3) is 0 Å². The molecule has 1 saturated heterocycles. The van der Waals surface area contributed by atoms with Crippen molar-refractivity contribution in [1.29, 1.82) is 0 Å². The number of nitrogens with zero attached hydrogens (tertiary/aromatic N) is 5. The largest absolute Gasteiger partial charge is 0.487 e. The molecule has 2 aromatic rings. The maximum atomic E-state index is 12.9. The number of nitrogens with one attached hydrogen (secondary N) is 1. The lowest BCUT2D eigenvalue weighted by atomic mass is 10.1. The van der Waals surface area contributed by atoms with E-state index in [1.165, 1.54) is 30.5 Å². The molecule has 0 aliphatic carbocycles. The minimum atomic E-state index is -3.82. The monoisotopic (exact) mass is 524 g/mol. The highest BCUT2D eigenvalue weighted by Crippen LogP contribution is 2.28. The Morgan fingerprint density at radius 1 is 1.31 bits per heavy atom. The second-order valence-electron chi connectivity index (χ2n) is 8.49. The molecule has 0 unspecified atom stereocenters. The molecule has 1 aromatic heterocycles. The van der Waals surface area contributed by atoms with Gasteiger partial charge in [-0.1, -0.05) is 12.2 Å². The Morgan fingerprint density at radius 3 is 2.57 bits per heavy atom. The molecule has 0 spiro atoms. The molecule has 1 fully saturated rings. The average Bonchev–Trinajstić information content (AvgIpc) is 3.28. The molecule has 1 N–H and O–H groups in total. The number of ether oxygens (including phenoxy) is 1. The molecule has 0 saturated carbocycles. The summed E-state index contributed by atoms with van der Waals surface area (Å²) in [5, 5.41) is 2.71. The van der Waals surface area contributed by atoms with Crippen molar-refractivity contribution in [3.05, 3.63) is 47.7 Å². The zero-order valence-electron chi connectivity index (χ0n) is 19.8. The van der Waals surface area contributed by atoms with Gasteiger partial charge in [0.15, 0.2) is 0 Å². The first-order valence-electron chi connectivity index (χ1n) is 10.8. The van der Waals surface area contributed by atoms with Crippen LogP contribution in [0, 0.1) is 0 Å². The Bertz CT molecular complexity index is 1090. The lowest BCUT2D eigenvalue weighted by Gasteiger charge is -2.23. The fourth-order valence-electron chi connectivity index (χ4n) is 3.53. The molecular weight excluding hydrogens is 498 g/mol. The van der Waals surface area contributed by atoms with E-state index in [2.05, 4.69) is 29.8 Å². The van der Waals surface area contributed by atoms with Gasteiger partial charge in [-0.2, -0.15) is 0 Å². The molecule has 3 rings (SSSR count). The van der Waals surface area contributed by atoms with E-state index in [1.54, 1.807) is 17.3 Å². The number of alkyl halides is 3. The topological polar surface area (TPSA) is 73.3 Å². The van der Waals surface area contributed by atoms with Gasteiger partial charge in [-0.25, -0.2) is 9.98 Å². The van der Waals surface area contributed by atoms with Crippen molar-refractivity contribution in [1.82, 2.24) is 14.8 Å². The van der Waals surface area contributed by atoms with Gasteiger partial charge in [0.1, 0.15) is 16.6 Å². The third-order valence-electron chi connectivity index (χ3n) is 5.30. The van der Waals surface area contributed by atoms with Crippen LogP contribution in [-0.4, -0.2) is 84.9 Å². The summed E-state index contributed by atoms with van der Waals surface area (Å²) in [4.78, 5) is 28.2. The Labute approximate surface area is 213 Å². The number of aliphatic imine (C=N–C) groups is 1. The summed E-state index contributed by atoms with van der Waals surface area (Å²) < 4.78 is 29.9. The van der Waals surface area contributed by atoms with Crippen LogP contribution in [0.1, 0.15) is 22.3 Å². The number of pyridine rings is 1. The predicted molar refractivity (Wildman–Crippen MR) is 138 cm³/mol. The van der Waals surface area contributed by atoms with E-state index in [-0.39, 0.29) is 11.3 Å². The summed E-state index contributed by atoms with van der Waals surface area (Å²) in [7, 11) is 7.76. The Kier molecular flexibility index (Phi) is 8.57. The number of rotatable bonds is 8. The second kappa shape index (κ2) is 11.2. The highest BCUT2D eigenvalue weighted by atomic mass is 35.5. The number of halogens is 3. The highest BCUT2D eigenvalue weighted by molar-refractivity contribution is 7.80. The normalized spacial score (nSPS) is 16.1. The van der Waals surface area contributed by atoms with Gasteiger partial charge >= 0.3 is 5.57 Å². The van der Waals surface area contributed by atoms with Crippen LogP contribution < -0.4 is 15.0 Å². The van der Waals surface area contributed by atoms with Gasteiger partial charge in [-0.15, -0.1) is 8.78 Å². The SMILES string of the molecule is CN(C)/C=N/C(=S)c1cc(C(=O)Nc2ccc(OC(F)(F)Cl)cc2)cnc1N1CC[C@@H](N(C)C)C1. The van der Waals surface area contributed by atoms with E-state index in [1.807, 2.05) is 28.2 Å². The van der Waals surface area contributed by atoms with E-state index < -0.39 is 11.5 Å². The summed E-state index contributed by atoms with van der Waals surface area (Å²) in [6.07, 6.45) is 4.07. The molecule has 0 radical (unpaired) electrons. The van der Waals surface area contributed by atoms with Crippen LogP contribution in [0.5, 0.6) is 5.75 Å². The first-order chi connectivity index (χ1) is 16.4. The quantitative estimate of drug-likeness (QED) is 0.243. The number of benzene rings is 1. The fraction of sp³-hybridized carbons (Fsp3) is 0.391. The molecule has 1 amide bonds. The lowest BCUT2D eigenvalue weighted by molar-refractivity contribution is -0.0964. The summed E-state index contributed by atoms with van der Waals surface area (Å²) >= 11 is 10.3. The molecular formula is C23H27ClF2N6O2S. The molecule has 2 heterocycles. The van der Waals surface area contributed by atoms with E-state index in [4.69, 9.17) is 23.8 Å². The summed E-state index contributed by atoms with van der Waals surface area (Å²) in [6.45, 7) is 1.60. The third kappa shape index (κ3) is 7.55. The molecule has 1 aliphatic rings. The van der Waals surface area contributed by atoms with Crippen molar-refractivity contribution < 1.29 is 18.3 Å². The van der Waals surface area contributed by atoms with Gasteiger partial charge in [0.2, 0.25) is 0 Å². The van der Waals surface area contributed by atoms with Crippen molar-refractivity contribution >= 4 is 52.6 Å². The first-order valence-corrected chi connectivity index (χ1v) is 11.5. The van der Waals surface area contributed by atoms with Crippen molar-refractivity contribution in [2.45, 2.75) is 18.0 Å². The zero-order valence-corrected chi connectivity index (χ0v) is 21.4. The fourth-order valence-corrected chi connectivity index (χ4v) is 3.81. The number of carbonyl (C=O) groups is 1. The maximum absolute atomic E-state index is 12.9. The predicted octanol–water partition coefficient (Wildman–Crippen LogP) is 3.91. The summed E-state index contributed by atoms with van der Waals surface area (Å²) in [5.41, 5.74) is -2.57. The molecule has 188 valence electrons. The van der Waals surface area contributed by atoms with Crippen molar-refractivity contribution in [3.8, 4) is 5.75 Å². The summed E-state index contributed by atoms with van der Waals surface area (Å²) in [6, 6.07) is 7.46. The van der Waals surface area contributed by atoms with Crippen LogP contribution in [-0.2, 0) is 0 Å². The molecule has 8 nitrogen and oxygen atoms in total. The lowest BCUT2D eigenvalue weighted by Crippen LogP contribution is -2.32. The molecule has 12 heteroatoms. The van der Waals surface area contributed by atoms with Crippen LogP contribution in [0.3, 0.4) is 0 Å². The average molecular weight is 525 g/mol. The van der Waals surface area contributed by atoms with Gasteiger partial charge in [-0.3, -0.25) is 4.79 Å². The standard InChI is InChI=1S/C23H27ClF2N6O2S/c1-30(2)14-28-22(35)19-11-15(12-27-20(19)32-10-9-17(13-32)31(3)4)21(33)29-16-5-7-18(8-6-16)34-23(24,25)26/h5-8,11-12,14,17H,9-10,13H2,1-4H3,(H,29,33)/b28-14+/t17-/m1/s1. The van der Waals surface area contributed by atoms with E-state index >= 15 is 0 Å². The molecule has 35 heavy (non-hydrogen) atoms. The van der Waals surface area contributed by atoms with Crippen molar-refractivity contribution in [2.24, 2.45) is 4.99 Å². The molecule has 1 aromatic carbocycles. The number of hydrogen-bond acceptors (Lipinski definition) is 6. The third-order valence-corrected chi connectivity index (χ3v) is 5.71. The van der Waals surface area contributed by atoms with E-state index in [9.17, 15) is 13.6 Å². The van der Waals surface area contributed by atoms with Crippen LogP contribution >= 0.6 is 23.8 Å². The number of amides is 1. The minimum Gasteiger partial charge on any atom is -0.420 e.